The van der Waals surface area contributed by atoms with Crippen LogP contribution in [-0.2, 0) is 0 Å². The summed E-state index contributed by atoms with van der Waals surface area (Å²) in [5.74, 6) is 0.420. The van der Waals surface area contributed by atoms with Gasteiger partial charge in [0.1, 0.15) is 5.82 Å². The average molecular weight is 321 g/mol. The Hall–Kier alpha value is -1.88. The maximum absolute atomic E-state index is 13.1. The van der Waals surface area contributed by atoms with Gasteiger partial charge in [-0.3, -0.25) is 0 Å². The van der Waals surface area contributed by atoms with Gasteiger partial charge in [-0.15, -0.1) is 0 Å². The first-order valence-corrected chi connectivity index (χ1v) is 6.45. The molecule has 0 amide bonds. The number of methoxy groups -OCH3 is 1. The van der Waals surface area contributed by atoms with E-state index in [9.17, 15) is 4.39 Å². The fourth-order valence-electron chi connectivity index (χ4n) is 1.97. The molecule has 5 heteroatoms. The number of rotatable bonds is 2. The molecule has 2 heterocycles. The van der Waals surface area contributed by atoms with Crippen molar-refractivity contribution in [2.75, 3.05) is 7.11 Å². The summed E-state index contributed by atoms with van der Waals surface area (Å²) in [4.78, 5) is 4.53. The SMILES string of the molecule is COc1cccn2cc(-c3ccc(F)cc3Br)nc12. The third-order valence-corrected chi connectivity index (χ3v) is 3.53. The van der Waals surface area contributed by atoms with Crippen LogP contribution in [-0.4, -0.2) is 16.5 Å². The summed E-state index contributed by atoms with van der Waals surface area (Å²) < 4.78 is 20.9. The zero-order chi connectivity index (χ0) is 13.4. The van der Waals surface area contributed by atoms with Crippen LogP contribution < -0.4 is 4.74 Å². The maximum atomic E-state index is 13.1. The van der Waals surface area contributed by atoms with E-state index in [0.29, 0.717) is 10.2 Å². The first-order chi connectivity index (χ1) is 9.19. The first kappa shape index (κ1) is 12.2. The highest BCUT2D eigenvalue weighted by molar-refractivity contribution is 9.10. The summed E-state index contributed by atoms with van der Waals surface area (Å²) >= 11 is 3.36. The van der Waals surface area contributed by atoms with Crippen molar-refractivity contribution in [3.8, 4) is 17.0 Å². The summed E-state index contributed by atoms with van der Waals surface area (Å²) in [5.41, 5.74) is 2.33. The van der Waals surface area contributed by atoms with Crippen LogP contribution in [0.15, 0.2) is 47.2 Å². The lowest BCUT2D eigenvalue weighted by Crippen LogP contribution is -1.88. The monoisotopic (exact) mass is 320 g/mol. The quantitative estimate of drug-likeness (QED) is 0.715. The van der Waals surface area contributed by atoms with E-state index in [4.69, 9.17) is 4.74 Å². The largest absolute Gasteiger partial charge is 0.493 e. The molecule has 3 aromatic rings. The Morgan fingerprint density at radius 1 is 1.32 bits per heavy atom. The molecular formula is C14H10BrFN2O. The van der Waals surface area contributed by atoms with E-state index in [1.165, 1.54) is 12.1 Å². The van der Waals surface area contributed by atoms with Crippen molar-refractivity contribution < 1.29 is 9.13 Å². The molecule has 3 rings (SSSR count). The molecule has 0 atom stereocenters. The van der Waals surface area contributed by atoms with Crippen molar-refractivity contribution in [2.45, 2.75) is 0 Å². The second kappa shape index (κ2) is 4.66. The molecule has 0 bridgehead atoms. The standard InChI is InChI=1S/C14H10BrFN2O/c1-19-13-3-2-6-18-8-12(17-14(13)18)10-5-4-9(16)7-11(10)15/h2-8H,1H3. The highest BCUT2D eigenvalue weighted by Crippen LogP contribution is 2.30. The molecule has 96 valence electrons. The Morgan fingerprint density at radius 3 is 2.89 bits per heavy atom. The van der Waals surface area contributed by atoms with Gasteiger partial charge in [0.15, 0.2) is 11.4 Å². The lowest BCUT2D eigenvalue weighted by molar-refractivity contribution is 0.417. The Labute approximate surface area is 117 Å². The third kappa shape index (κ3) is 2.10. The number of hydrogen-bond donors (Lipinski definition) is 0. The number of hydrogen-bond acceptors (Lipinski definition) is 2. The molecule has 0 unspecified atom stereocenters. The van der Waals surface area contributed by atoms with E-state index < -0.39 is 0 Å². The molecular weight excluding hydrogens is 311 g/mol. The van der Waals surface area contributed by atoms with Gasteiger partial charge in [-0.05, 0) is 46.3 Å². The second-order valence-corrected chi connectivity index (χ2v) is 4.91. The lowest BCUT2D eigenvalue weighted by atomic mass is 10.2. The number of aromatic nitrogens is 2. The van der Waals surface area contributed by atoms with Crippen LogP contribution in [0.2, 0.25) is 0 Å². The van der Waals surface area contributed by atoms with Crippen LogP contribution in [0.4, 0.5) is 4.39 Å². The van der Waals surface area contributed by atoms with E-state index in [0.717, 1.165) is 16.9 Å². The van der Waals surface area contributed by atoms with Crippen molar-refractivity contribution in [2.24, 2.45) is 0 Å². The molecule has 0 saturated carbocycles. The number of halogens is 2. The van der Waals surface area contributed by atoms with Crippen molar-refractivity contribution in [3.05, 3.63) is 53.0 Å². The van der Waals surface area contributed by atoms with Gasteiger partial charge in [0.25, 0.3) is 0 Å². The molecule has 0 aliphatic carbocycles. The number of benzene rings is 1. The van der Waals surface area contributed by atoms with Gasteiger partial charge in [-0.25, -0.2) is 9.37 Å². The maximum Gasteiger partial charge on any atom is 0.180 e. The predicted octanol–water partition coefficient (Wildman–Crippen LogP) is 3.91. The lowest BCUT2D eigenvalue weighted by Gasteiger charge is -2.00. The molecule has 0 aliphatic heterocycles. The third-order valence-electron chi connectivity index (χ3n) is 2.87. The highest BCUT2D eigenvalue weighted by atomic mass is 79.9. The molecule has 0 aliphatic rings. The number of nitrogens with zero attached hydrogens (tertiary/aromatic N) is 2. The Balaban J connectivity index is 2.20. The first-order valence-electron chi connectivity index (χ1n) is 5.66. The van der Waals surface area contributed by atoms with Crippen molar-refractivity contribution >= 4 is 21.6 Å². The minimum Gasteiger partial charge on any atom is -0.493 e. The molecule has 0 radical (unpaired) electrons. The topological polar surface area (TPSA) is 26.5 Å². The Bertz CT molecular complexity index is 754. The summed E-state index contributed by atoms with van der Waals surface area (Å²) in [7, 11) is 1.61. The van der Waals surface area contributed by atoms with Gasteiger partial charge in [0.05, 0.1) is 12.8 Å². The minimum absolute atomic E-state index is 0.281. The van der Waals surface area contributed by atoms with Crippen LogP contribution in [0, 0.1) is 5.82 Å². The fourth-order valence-corrected chi connectivity index (χ4v) is 2.53. The summed E-state index contributed by atoms with van der Waals surface area (Å²) in [6.07, 6.45) is 3.78. The van der Waals surface area contributed by atoms with Gasteiger partial charge < -0.3 is 9.14 Å². The van der Waals surface area contributed by atoms with Crippen molar-refractivity contribution in [1.29, 1.82) is 0 Å². The molecule has 19 heavy (non-hydrogen) atoms. The molecule has 2 aromatic heterocycles. The van der Waals surface area contributed by atoms with Crippen LogP contribution in [0.25, 0.3) is 16.9 Å². The van der Waals surface area contributed by atoms with Crippen LogP contribution in [0.5, 0.6) is 5.75 Å². The van der Waals surface area contributed by atoms with Gasteiger partial charge in [-0.1, -0.05) is 0 Å². The van der Waals surface area contributed by atoms with Crippen molar-refractivity contribution in [1.82, 2.24) is 9.38 Å². The number of pyridine rings is 1. The van der Waals surface area contributed by atoms with E-state index in [1.54, 1.807) is 13.2 Å². The van der Waals surface area contributed by atoms with E-state index in [-0.39, 0.29) is 5.82 Å². The molecule has 0 spiro atoms. The number of ether oxygens (including phenoxy) is 1. The minimum atomic E-state index is -0.281. The van der Waals surface area contributed by atoms with Crippen molar-refractivity contribution in [3.63, 3.8) is 0 Å². The van der Waals surface area contributed by atoms with Crippen LogP contribution in [0.3, 0.4) is 0 Å². The summed E-state index contributed by atoms with van der Waals surface area (Å²) in [6.45, 7) is 0. The van der Waals surface area contributed by atoms with E-state index in [1.807, 2.05) is 28.9 Å². The highest BCUT2D eigenvalue weighted by Gasteiger charge is 2.11. The Kier molecular flexibility index (Phi) is 2.98. The number of fused-ring (bicyclic) bond motifs is 1. The molecule has 3 nitrogen and oxygen atoms in total. The van der Waals surface area contributed by atoms with Crippen LogP contribution in [0.1, 0.15) is 0 Å². The van der Waals surface area contributed by atoms with Gasteiger partial charge in [-0.2, -0.15) is 0 Å². The van der Waals surface area contributed by atoms with E-state index in [2.05, 4.69) is 20.9 Å². The Morgan fingerprint density at radius 2 is 2.16 bits per heavy atom. The van der Waals surface area contributed by atoms with Gasteiger partial charge >= 0.3 is 0 Å². The predicted molar refractivity (Wildman–Crippen MR) is 74.8 cm³/mol. The molecule has 0 N–H and O–H groups in total. The average Bonchev–Trinajstić information content (AvgIpc) is 2.81. The van der Waals surface area contributed by atoms with Gasteiger partial charge in [0.2, 0.25) is 0 Å². The zero-order valence-electron chi connectivity index (χ0n) is 10.1. The van der Waals surface area contributed by atoms with Crippen LogP contribution >= 0.6 is 15.9 Å². The summed E-state index contributed by atoms with van der Waals surface area (Å²) in [6, 6.07) is 8.29. The smallest absolute Gasteiger partial charge is 0.180 e. The molecule has 0 saturated heterocycles. The summed E-state index contributed by atoms with van der Waals surface area (Å²) in [5, 5.41) is 0. The number of imidazole rings is 1. The molecule has 0 fully saturated rings. The van der Waals surface area contributed by atoms with E-state index >= 15 is 0 Å². The fraction of sp³-hybridized carbons (Fsp3) is 0.0714. The second-order valence-electron chi connectivity index (χ2n) is 4.06. The zero-order valence-corrected chi connectivity index (χ0v) is 11.7. The normalized spacial score (nSPS) is 10.9. The molecule has 1 aromatic carbocycles. The van der Waals surface area contributed by atoms with Gasteiger partial charge in [0, 0.05) is 22.4 Å².